The smallest absolute Gasteiger partial charge is 0.328 e. The molecule has 2 unspecified atom stereocenters. The number of amides is 4. The van der Waals surface area contributed by atoms with Crippen LogP contribution in [0.15, 0.2) is 54.6 Å². The molecule has 2 fully saturated rings. The number of benzene rings is 2. The number of nitrogens with one attached hydrogen (secondary N) is 1. The summed E-state index contributed by atoms with van der Waals surface area (Å²) < 4.78 is 5.11. The summed E-state index contributed by atoms with van der Waals surface area (Å²) in [6.07, 6.45) is 1.92. The van der Waals surface area contributed by atoms with E-state index >= 15 is 0 Å². The maximum Gasteiger partial charge on any atom is 0.328 e. The fourth-order valence-corrected chi connectivity index (χ4v) is 7.49. The lowest BCUT2D eigenvalue weighted by Gasteiger charge is -2.40. The molecule has 10 heteroatoms. The third kappa shape index (κ3) is 6.22. The zero-order chi connectivity index (χ0) is 29.1. The van der Waals surface area contributed by atoms with Crippen LogP contribution in [0.5, 0.6) is 0 Å². The number of piperidine rings is 1. The van der Waals surface area contributed by atoms with Crippen molar-refractivity contribution < 1.29 is 23.9 Å². The van der Waals surface area contributed by atoms with Crippen LogP contribution in [0.4, 0.5) is 10.5 Å². The van der Waals surface area contributed by atoms with Gasteiger partial charge in [-0.2, -0.15) is 0 Å². The van der Waals surface area contributed by atoms with E-state index in [-0.39, 0.29) is 41.6 Å². The number of anilines is 1. The highest BCUT2D eigenvalue weighted by atomic mass is 32.2. The Kier molecular flexibility index (Phi) is 8.87. The summed E-state index contributed by atoms with van der Waals surface area (Å²) in [6.45, 7) is 5.65. The minimum Gasteiger partial charge on any atom is -0.467 e. The molecule has 218 valence electrons. The standard InChI is InChI=1S/C31H38N4O5S/c1-20(2)17-25(30(38)40-3)35-28(37)26(41-29(35)21-9-5-4-6-10-21)18-27(36)33-15-13-23(14-16-33)34-19-22-11-7-8-12-24(22)32-31(34)39/h4-12,20,23,25-26,29H,13-19H2,1-3H3,(H,32,39)/t25-,26?,29?/m0/s1. The van der Waals surface area contributed by atoms with Crippen LogP contribution in [0.1, 0.15) is 56.0 Å². The second-order valence-electron chi connectivity index (χ2n) is 11.3. The van der Waals surface area contributed by atoms with E-state index in [2.05, 4.69) is 5.32 Å². The fraction of sp³-hybridized carbons (Fsp3) is 0.484. The van der Waals surface area contributed by atoms with E-state index < -0.39 is 17.3 Å². The summed E-state index contributed by atoms with van der Waals surface area (Å²) in [5, 5.41) is 2.01. The first-order valence-corrected chi connectivity index (χ1v) is 15.2. The van der Waals surface area contributed by atoms with Crippen LogP contribution in [-0.4, -0.2) is 76.0 Å². The van der Waals surface area contributed by atoms with E-state index in [1.165, 1.54) is 18.9 Å². The van der Waals surface area contributed by atoms with Gasteiger partial charge in [0.1, 0.15) is 11.4 Å². The molecule has 0 saturated carbocycles. The Morgan fingerprint density at radius 1 is 1.02 bits per heavy atom. The number of likely N-dealkylation sites (tertiary alicyclic amines) is 1. The number of thioether (sulfide) groups is 1. The number of para-hydroxylation sites is 1. The largest absolute Gasteiger partial charge is 0.467 e. The molecule has 1 N–H and O–H groups in total. The molecular weight excluding hydrogens is 540 g/mol. The number of rotatable bonds is 8. The van der Waals surface area contributed by atoms with Gasteiger partial charge in [-0.1, -0.05) is 62.4 Å². The van der Waals surface area contributed by atoms with Crippen molar-refractivity contribution in [2.24, 2.45) is 5.92 Å². The third-order valence-electron chi connectivity index (χ3n) is 8.14. The summed E-state index contributed by atoms with van der Waals surface area (Å²) in [6, 6.07) is 16.7. The Morgan fingerprint density at radius 3 is 2.39 bits per heavy atom. The van der Waals surface area contributed by atoms with Crippen molar-refractivity contribution in [1.82, 2.24) is 14.7 Å². The third-order valence-corrected chi connectivity index (χ3v) is 9.60. The predicted molar refractivity (Wildman–Crippen MR) is 158 cm³/mol. The van der Waals surface area contributed by atoms with Gasteiger partial charge in [-0.05, 0) is 42.4 Å². The van der Waals surface area contributed by atoms with E-state index in [4.69, 9.17) is 4.74 Å². The van der Waals surface area contributed by atoms with Crippen LogP contribution in [-0.2, 0) is 25.7 Å². The van der Waals surface area contributed by atoms with Gasteiger partial charge in [-0.15, -0.1) is 11.8 Å². The monoisotopic (exact) mass is 578 g/mol. The highest BCUT2D eigenvalue weighted by Gasteiger charge is 2.48. The highest BCUT2D eigenvalue weighted by Crippen LogP contribution is 2.46. The Labute approximate surface area is 245 Å². The summed E-state index contributed by atoms with van der Waals surface area (Å²) in [5.74, 6) is -0.542. The van der Waals surface area contributed by atoms with Gasteiger partial charge >= 0.3 is 12.0 Å². The van der Waals surface area contributed by atoms with Crippen molar-refractivity contribution in [3.05, 3.63) is 65.7 Å². The molecule has 0 bridgehead atoms. The first kappa shape index (κ1) is 29.0. The lowest BCUT2D eigenvalue weighted by Crippen LogP contribution is -2.51. The first-order chi connectivity index (χ1) is 19.8. The topological polar surface area (TPSA) is 99.3 Å². The van der Waals surface area contributed by atoms with E-state index in [1.54, 1.807) is 4.90 Å². The molecule has 3 heterocycles. The van der Waals surface area contributed by atoms with E-state index in [1.807, 2.05) is 78.2 Å². The van der Waals surface area contributed by atoms with Gasteiger partial charge in [0.15, 0.2) is 0 Å². The summed E-state index contributed by atoms with van der Waals surface area (Å²) in [5.41, 5.74) is 2.86. The van der Waals surface area contributed by atoms with Crippen LogP contribution in [0.2, 0.25) is 0 Å². The Hall–Kier alpha value is -3.53. The molecule has 4 amide bonds. The number of urea groups is 1. The quantitative estimate of drug-likeness (QED) is 0.458. The normalized spacial score (nSPS) is 22.0. The molecule has 5 rings (SSSR count). The van der Waals surface area contributed by atoms with Gasteiger partial charge < -0.3 is 24.8 Å². The average molecular weight is 579 g/mol. The Bertz CT molecular complexity index is 1280. The highest BCUT2D eigenvalue weighted by molar-refractivity contribution is 8.01. The van der Waals surface area contributed by atoms with Crippen LogP contribution in [0, 0.1) is 5.92 Å². The van der Waals surface area contributed by atoms with Gasteiger partial charge in [0.2, 0.25) is 11.8 Å². The Morgan fingerprint density at radius 2 is 1.71 bits per heavy atom. The number of carbonyl (C=O) groups is 4. The molecule has 41 heavy (non-hydrogen) atoms. The Balaban J connectivity index is 1.25. The first-order valence-electron chi connectivity index (χ1n) is 14.3. The second kappa shape index (κ2) is 12.5. The summed E-state index contributed by atoms with van der Waals surface area (Å²) in [4.78, 5) is 58.2. The number of fused-ring (bicyclic) bond motifs is 1. The summed E-state index contributed by atoms with van der Waals surface area (Å²) >= 11 is 1.43. The number of nitrogens with zero attached hydrogens (tertiary/aromatic N) is 3. The van der Waals surface area contributed by atoms with Gasteiger partial charge in [-0.25, -0.2) is 9.59 Å². The van der Waals surface area contributed by atoms with E-state index in [9.17, 15) is 19.2 Å². The van der Waals surface area contributed by atoms with E-state index in [0.717, 1.165) is 16.8 Å². The number of ether oxygens (including phenoxy) is 1. The molecule has 3 aliphatic rings. The number of hydrogen-bond acceptors (Lipinski definition) is 6. The molecular formula is C31H38N4O5S. The van der Waals surface area contributed by atoms with Gasteiger partial charge in [0, 0.05) is 37.8 Å². The maximum absolute atomic E-state index is 13.8. The number of methoxy groups -OCH3 is 1. The lowest BCUT2D eigenvalue weighted by molar-refractivity contribution is -0.153. The average Bonchev–Trinajstić information content (AvgIpc) is 3.30. The molecule has 2 aromatic carbocycles. The van der Waals surface area contributed by atoms with Crippen LogP contribution >= 0.6 is 11.8 Å². The van der Waals surface area contributed by atoms with Crippen molar-refractivity contribution in [2.45, 2.75) is 68.8 Å². The summed E-state index contributed by atoms with van der Waals surface area (Å²) in [7, 11) is 1.35. The molecule has 3 aliphatic heterocycles. The van der Waals surface area contributed by atoms with Crippen molar-refractivity contribution in [3.63, 3.8) is 0 Å². The molecule has 0 aliphatic carbocycles. The van der Waals surface area contributed by atoms with Crippen LogP contribution in [0.3, 0.4) is 0 Å². The fourth-order valence-electron chi connectivity index (χ4n) is 6.01. The number of carbonyl (C=O) groups excluding carboxylic acids is 4. The lowest BCUT2D eigenvalue weighted by atomic mass is 10.00. The van der Waals surface area contributed by atoms with Crippen molar-refractivity contribution in [3.8, 4) is 0 Å². The molecule has 0 aromatic heterocycles. The molecule has 2 aromatic rings. The van der Waals surface area contributed by atoms with Crippen LogP contribution in [0.25, 0.3) is 0 Å². The van der Waals surface area contributed by atoms with Gasteiger partial charge in [0.25, 0.3) is 0 Å². The maximum atomic E-state index is 13.8. The zero-order valence-corrected chi connectivity index (χ0v) is 24.6. The zero-order valence-electron chi connectivity index (χ0n) is 23.8. The minimum atomic E-state index is -0.720. The molecule has 0 radical (unpaired) electrons. The minimum absolute atomic E-state index is 0.0460. The van der Waals surface area contributed by atoms with Crippen molar-refractivity contribution in [2.75, 3.05) is 25.5 Å². The molecule has 9 nitrogen and oxygen atoms in total. The van der Waals surface area contributed by atoms with Gasteiger partial charge in [-0.3, -0.25) is 9.59 Å². The van der Waals surface area contributed by atoms with Gasteiger partial charge in [0.05, 0.1) is 12.4 Å². The number of hydrogen-bond donors (Lipinski definition) is 1. The number of esters is 1. The van der Waals surface area contributed by atoms with Crippen molar-refractivity contribution in [1.29, 1.82) is 0 Å². The molecule has 0 spiro atoms. The van der Waals surface area contributed by atoms with Crippen LogP contribution < -0.4 is 5.32 Å². The molecule has 2 saturated heterocycles. The predicted octanol–water partition coefficient (Wildman–Crippen LogP) is 4.65. The second-order valence-corrected chi connectivity index (χ2v) is 12.6. The van der Waals surface area contributed by atoms with Crippen molar-refractivity contribution >= 4 is 41.3 Å². The SMILES string of the molecule is COC(=O)[C@H](CC(C)C)N1C(=O)C(CC(=O)N2CCC(N3Cc4ccccc4NC3=O)CC2)SC1c1ccccc1. The van der Waals surface area contributed by atoms with E-state index in [0.29, 0.717) is 38.9 Å². The molecule has 3 atom stereocenters.